The first kappa shape index (κ1) is 11.3. The van der Waals surface area contributed by atoms with Crippen LogP contribution in [0.2, 0.25) is 0 Å². The number of anilines is 1. The Hall–Kier alpha value is -1.14. The van der Waals surface area contributed by atoms with Crippen LogP contribution in [-0.4, -0.2) is 38.3 Å². The molecule has 1 unspecified atom stereocenters. The molecule has 0 saturated carbocycles. The van der Waals surface area contributed by atoms with E-state index in [9.17, 15) is 8.42 Å². The van der Waals surface area contributed by atoms with Gasteiger partial charge in [-0.2, -0.15) is 0 Å². The molecule has 1 aliphatic heterocycles. The molecule has 2 heterocycles. The van der Waals surface area contributed by atoms with E-state index in [1.165, 1.54) is 4.31 Å². The third-order valence-electron chi connectivity index (χ3n) is 2.64. The molecule has 16 heavy (non-hydrogen) atoms. The molecule has 1 atom stereocenters. The number of hydrogen-bond acceptors (Lipinski definition) is 4. The number of nitrogens with one attached hydrogen (secondary N) is 1. The van der Waals surface area contributed by atoms with Crippen LogP contribution in [0.15, 0.2) is 24.4 Å². The van der Waals surface area contributed by atoms with Crippen LogP contribution in [0.3, 0.4) is 0 Å². The quantitative estimate of drug-likeness (QED) is 0.763. The van der Waals surface area contributed by atoms with Crippen molar-refractivity contribution < 1.29 is 8.42 Å². The SMILES string of the molecule is CC1CNCCN(c2ccccn2)S1(=O)=O. The van der Waals surface area contributed by atoms with Gasteiger partial charge in [0.1, 0.15) is 5.82 Å². The summed E-state index contributed by atoms with van der Waals surface area (Å²) < 4.78 is 25.7. The molecule has 1 saturated heterocycles. The third kappa shape index (κ3) is 2.03. The molecule has 1 N–H and O–H groups in total. The molecular formula is C10H15N3O2S. The summed E-state index contributed by atoms with van der Waals surface area (Å²) in [4.78, 5) is 4.09. The van der Waals surface area contributed by atoms with Gasteiger partial charge >= 0.3 is 0 Å². The average Bonchev–Trinajstić information content (AvgIpc) is 2.41. The summed E-state index contributed by atoms with van der Waals surface area (Å²) in [6, 6.07) is 5.28. The zero-order chi connectivity index (χ0) is 11.6. The third-order valence-corrected chi connectivity index (χ3v) is 4.81. The van der Waals surface area contributed by atoms with Gasteiger partial charge in [-0.1, -0.05) is 6.07 Å². The molecule has 0 aromatic carbocycles. The number of rotatable bonds is 1. The highest BCUT2D eigenvalue weighted by Crippen LogP contribution is 2.18. The summed E-state index contributed by atoms with van der Waals surface area (Å²) in [5.74, 6) is 0.498. The molecule has 2 rings (SSSR count). The van der Waals surface area contributed by atoms with E-state index in [4.69, 9.17) is 0 Å². The fraction of sp³-hybridized carbons (Fsp3) is 0.500. The summed E-state index contributed by atoms with van der Waals surface area (Å²) in [6.07, 6.45) is 1.60. The Kier molecular flexibility index (Phi) is 3.11. The molecule has 1 aromatic rings. The second-order valence-electron chi connectivity index (χ2n) is 3.82. The maximum absolute atomic E-state index is 12.2. The van der Waals surface area contributed by atoms with Gasteiger partial charge in [0.05, 0.1) is 5.25 Å². The van der Waals surface area contributed by atoms with E-state index in [2.05, 4.69) is 10.3 Å². The molecular weight excluding hydrogens is 226 g/mol. The van der Waals surface area contributed by atoms with Crippen molar-refractivity contribution in [3.05, 3.63) is 24.4 Å². The second-order valence-corrected chi connectivity index (χ2v) is 6.10. The highest BCUT2D eigenvalue weighted by molar-refractivity contribution is 7.93. The molecule has 0 radical (unpaired) electrons. The van der Waals surface area contributed by atoms with Gasteiger partial charge in [-0.25, -0.2) is 13.4 Å². The van der Waals surface area contributed by atoms with Crippen LogP contribution in [0.1, 0.15) is 6.92 Å². The van der Waals surface area contributed by atoms with E-state index < -0.39 is 15.3 Å². The number of nitrogens with zero attached hydrogens (tertiary/aromatic N) is 2. The van der Waals surface area contributed by atoms with E-state index in [0.717, 1.165) is 0 Å². The monoisotopic (exact) mass is 241 g/mol. The molecule has 1 aromatic heterocycles. The predicted octanol–water partition coefficient (Wildman–Crippen LogP) is 0.209. The lowest BCUT2D eigenvalue weighted by Crippen LogP contribution is -2.38. The fourth-order valence-corrected chi connectivity index (χ4v) is 3.16. The molecule has 88 valence electrons. The van der Waals surface area contributed by atoms with Crippen LogP contribution < -0.4 is 9.62 Å². The zero-order valence-electron chi connectivity index (χ0n) is 9.13. The van der Waals surface area contributed by atoms with Gasteiger partial charge in [-0.05, 0) is 19.1 Å². The lowest BCUT2D eigenvalue weighted by atomic mass is 10.4. The molecule has 1 fully saturated rings. The Labute approximate surface area is 95.5 Å². The lowest BCUT2D eigenvalue weighted by molar-refractivity contribution is 0.581. The standard InChI is InChI=1S/C10H15N3O2S/c1-9-8-11-6-7-13(16(9,14)15)10-4-2-3-5-12-10/h2-5,9,11H,6-8H2,1H3. The Morgan fingerprint density at radius 3 is 3.00 bits per heavy atom. The van der Waals surface area contributed by atoms with E-state index >= 15 is 0 Å². The van der Waals surface area contributed by atoms with E-state index in [1.807, 2.05) is 0 Å². The molecule has 5 nitrogen and oxygen atoms in total. The number of pyridine rings is 1. The normalized spacial score (nSPS) is 25.1. The predicted molar refractivity (Wildman–Crippen MR) is 62.8 cm³/mol. The fourth-order valence-electron chi connectivity index (χ4n) is 1.68. The number of hydrogen-bond donors (Lipinski definition) is 1. The molecule has 0 spiro atoms. The van der Waals surface area contributed by atoms with Gasteiger partial charge in [0.15, 0.2) is 0 Å². The first-order valence-electron chi connectivity index (χ1n) is 5.25. The van der Waals surface area contributed by atoms with Gasteiger partial charge in [0.25, 0.3) is 0 Å². The summed E-state index contributed by atoms with van der Waals surface area (Å²) >= 11 is 0. The zero-order valence-corrected chi connectivity index (χ0v) is 9.94. The minimum absolute atomic E-state index is 0.419. The average molecular weight is 241 g/mol. The van der Waals surface area contributed by atoms with Gasteiger partial charge in [-0.3, -0.25) is 4.31 Å². The molecule has 0 amide bonds. The van der Waals surface area contributed by atoms with Crippen LogP contribution in [0.5, 0.6) is 0 Å². The highest BCUT2D eigenvalue weighted by atomic mass is 32.2. The van der Waals surface area contributed by atoms with Gasteiger partial charge in [-0.15, -0.1) is 0 Å². The maximum atomic E-state index is 12.2. The lowest BCUT2D eigenvalue weighted by Gasteiger charge is -2.23. The molecule has 0 bridgehead atoms. The van der Waals surface area contributed by atoms with Crippen molar-refractivity contribution in [2.75, 3.05) is 23.9 Å². The van der Waals surface area contributed by atoms with Crippen LogP contribution in [-0.2, 0) is 10.0 Å². The summed E-state index contributed by atoms with van der Waals surface area (Å²) in [7, 11) is -3.28. The molecule has 6 heteroatoms. The highest BCUT2D eigenvalue weighted by Gasteiger charge is 2.31. The van der Waals surface area contributed by atoms with Crippen LogP contribution in [0, 0.1) is 0 Å². The number of sulfonamides is 1. The topological polar surface area (TPSA) is 62.3 Å². The summed E-state index contributed by atoms with van der Waals surface area (Å²) in [5, 5.41) is 2.68. The van der Waals surface area contributed by atoms with Gasteiger partial charge in [0, 0.05) is 25.8 Å². The van der Waals surface area contributed by atoms with Gasteiger partial charge in [0.2, 0.25) is 10.0 Å². The van der Waals surface area contributed by atoms with Crippen molar-refractivity contribution in [2.45, 2.75) is 12.2 Å². The Morgan fingerprint density at radius 2 is 2.31 bits per heavy atom. The van der Waals surface area contributed by atoms with Crippen molar-refractivity contribution in [1.82, 2.24) is 10.3 Å². The van der Waals surface area contributed by atoms with Crippen molar-refractivity contribution in [1.29, 1.82) is 0 Å². The van der Waals surface area contributed by atoms with Crippen LogP contribution in [0.4, 0.5) is 5.82 Å². The van der Waals surface area contributed by atoms with Crippen LogP contribution in [0.25, 0.3) is 0 Å². The molecule has 0 aliphatic carbocycles. The summed E-state index contributed by atoms with van der Waals surface area (Å²) in [5.41, 5.74) is 0. The van der Waals surface area contributed by atoms with Crippen molar-refractivity contribution in [3.63, 3.8) is 0 Å². The first-order chi connectivity index (χ1) is 7.62. The Balaban J connectivity index is 2.39. The Bertz CT molecular complexity index is 446. The Morgan fingerprint density at radius 1 is 1.50 bits per heavy atom. The van der Waals surface area contributed by atoms with Crippen molar-refractivity contribution in [2.24, 2.45) is 0 Å². The second kappa shape index (κ2) is 4.39. The first-order valence-corrected chi connectivity index (χ1v) is 6.76. The van der Waals surface area contributed by atoms with Crippen molar-refractivity contribution in [3.8, 4) is 0 Å². The minimum Gasteiger partial charge on any atom is -0.314 e. The number of aromatic nitrogens is 1. The largest absolute Gasteiger partial charge is 0.314 e. The van der Waals surface area contributed by atoms with E-state index in [0.29, 0.717) is 25.5 Å². The van der Waals surface area contributed by atoms with Crippen molar-refractivity contribution >= 4 is 15.8 Å². The van der Waals surface area contributed by atoms with Gasteiger partial charge < -0.3 is 5.32 Å². The maximum Gasteiger partial charge on any atom is 0.240 e. The van der Waals surface area contributed by atoms with E-state index in [1.54, 1.807) is 31.3 Å². The van der Waals surface area contributed by atoms with E-state index in [-0.39, 0.29) is 0 Å². The van der Waals surface area contributed by atoms with Crippen LogP contribution >= 0.6 is 0 Å². The smallest absolute Gasteiger partial charge is 0.240 e. The minimum atomic E-state index is -3.28. The molecule has 1 aliphatic rings. The summed E-state index contributed by atoms with van der Waals surface area (Å²) in [6.45, 7) is 3.29.